The van der Waals surface area contributed by atoms with E-state index >= 15 is 0 Å². The van der Waals surface area contributed by atoms with Gasteiger partial charge in [-0.25, -0.2) is 4.98 Å². The van der Waals surface area contributed by atoms with Crippen LogP contribution in [-0.4, -0.2) is 45.5 Å². The van der Waals surface area contributed by atoms with Gasteiger partial charge in [0.1, 0.15) is 6.10 Å². The number of rotatable bonds is 2. The lowest BCUT2D eigenvalue weighted by molar-refractivity contribution is -0.0228. The van der Waals surface area contributed by atoms with E-state index in [4.69, 9.17) is 4.74 Å². The average molecular weight is 308 g/mol. The third-order valence-corrected chi connectivity index (χ3v) is 4.10. The highest BCUT2D eigenvalue weighted by molar-refractivity contribution is 5.97. The molecule has 0 saturated carbocycles. The number of ether oxygens (including phenoxy) is 1. The van der Waals surface area contributed by atoms with Crippen LogP contribution in [-0.2, 0) is 4.74 Å². The molecule has 1 fully saturated rings. The molecule has 0 radical (unpaired) electrons. The van der Waals surface area contributed by atoms with Crippen LogP contribution in [0.1, 0.15) is 22.0 Å². The summed E-state index contributed by atoms with van der Waals surface area (Å²) in [6.45, 7) is 1.68. The second kappa shape index (κ2) is 5.81. The summed E-state index contributed by atoms with van der Waals surface area (Å²) >= 11 is 0. The third kappa shape index (κ3) is 2.68. The van der Waals surface area contributed by atoms with E-state index in [1.54, 1.807) is 18.7 Å². The number of aromatic nitrogens is 3. The first-order valence-electron chi connectivity index (χ1n) is 7.55. The molecule has 1 atom stereocenters. The average Bonchev–Trinajstić information content (AvgIpc) is 3.09. The van der Waals surface area contributed by atoms with E-state index in [0.29, 0.717) is 25.3 Å². The minimum atomic E-state index is -0.105. The number of pyridine rings is 1. The Labute approximate surface area is 133 Å². The Bertz CT molecular complexity index is 831. The molecule has 2 aromatic heterocycles. The number of morpholine rings is 1. The van der Waals surface area contributed by atoms with E-state index in [2.05, 4.69) is 15.0 Å². The van der Waals surface area contributed by atoms with Gasteiger partial charge in [0.15, 0.2) is 0 Å². The topological polar surface area (TPSA) is 71.1 Å². The first-order chi connectivity index (χ1) is 11.3. The zero-order valence-corrected chi connectivity index (χ0v) is 12.5. The van der Waals surface area contributed by atoms with Crippen molar-refractivity contribution in [2.24, 2.45) is 0 Å². The molecule has 1 unspecified atom stereocenters. The number of carbonyl (C=O) groups is 1. The van der Waals surface area contributed by atoms with Gasteiger partial charge in [-0.2, -0.15) is 0 Å². The van der Waals surface area contributed by atoms with Crippen LogP contribution >= 0.6 is 0 Å². The summed E-state index contributed by atoms with van der Waals surface area (Å²) in [6.07, 6.45) is 5.01. The van der Waals surface area contributed by atoms with Gasteiger partial charge in [0, 0.05) is 24.5 Å². The number of nitrogens with zero attached hydrogens (tertiary/aromatic N) is 3. The molecule has 1 aliphatic rings. The van der Waals surface area contributed by atoms with Gasteiger partial charge in [-0.3, -0.25) is 9.78 Å². The molecule has 0 spiro atoms. The molecule has 116 valence electrons. The van der Waals surface area contributed by atoms with Crippen LogP contribution in [0.15, 0.2) is 49.1 Å². The van der Waals surface area contributed by atoms with Gasteiger partial charge in [0.05, 0.1) is 30.5 Å². The summed E-state index contributed by atoms with van der Waals surface area (Å²) in [6, 6.07) is 9.38. The van der Waals surface area contributed by atoms with Crippen LogP contribution in [0.4, 0.5) is 0 Å². The summed E-state index contributed by atoms with van der Waals surface area (Å²) < 4.78 is 5.80. The summed E-state index contributed by atoms with van der Waals surface area (Å²) in [4.78, 5) is 25.8. The fraction of sp³-hybridized carbons (Fsp3) is 0.235. The van der Waals surface area contributed by atoms with Crippen LogP contribution in [0.2, 0.25) is 0 Å². The van der Waals surface area contributed by atoms with Crippen molar-refractivity contribution in [3.8, 4) is 0 Å². The lowest BCUT2D eigenvalue weighted by Crippen LogP contribution is -2.42. The van der Waals surface area contributed by atoms with Gasteiger partial charge < -0.3 is 14.6 Å². The number of nitrogens with one attached hydrogen (secondary N) is 1. The van der Waals surface area contributed by atoms with E-state index < -0.39 is 0 Å². The molecule has 6 nitrogen and oxygen atoms in total. The summed E-state index contributed by atoms with van der Waals surface area (Å²) in [5, 5.41) is 0. The molecule has 6 heteroatoms. The van der Waals surface area contributed by atoms with E-state index in [1.807, 2.05) is 35.2 Å². The molecule has 3 aromatic rings. The minimum absolute atomic E-state index is 0.0175. The van der Waals surface area contributed by atoms with Crippen LogP contribution in [0.5, 0.6) is 0 Å². The third-order valence-electron chi connectivity index (χ3n) is 4.10. The number of H-pyrrole nitrogens is 1. The van der Waals surface area contributed by atoms with Crippen molar-refractivity contribution in [2.45, 2.75) is 6.10 Å². The van der Waals surface area contributed by atoms with Crippen LogP contribution in [0, 0.1) is 0 Å². The molecule has 1 aliphatic heterocycles. The Morgan fingerprint density at radius 3 is 3.00 bits per heavy atom. The maximum Gasteiger partial charge on any atom is 0.254 e. The Morgan fingerprint density at radius 1 is 1.26 bits per heavy atom. The standard InChI is InChI=1S/C17H16N4O2/c22-17(13-1-2-14-15(9-13)20-11-19-14)21-7-8-23-16(10-21)12-3-5-18-6-4-12/h1-6,9,11,16H,7-8,10H2,(H,19,20). The highest BCUT2D eigenvalue weighted by Crippen LogP contribution is 2.23. The van der Waals surface area contributed by atoms with Crippen molar-refractivity contribution in [3.63, 3.8) is 0 Å². The predicted molar refractivity (Wildman–Crippen MR) is 84.9 cm³/mol. The largest absolute Gasteiger partial charge is 0.370 e. The van der Waals surface area contributed by atoms with Gasteiger partial charge in [-0.05, 0) is 35.9 Å². The first kappa shape index (κ1) is 13.9. The molecule has 1 saturated heterocycles. The maximum absolute atomic E-state index is 12.8. The Morgan fingerprint density at radius 2 is 2.13 bits per heavy atom. The lowest BCUT2D eigenvalue weighted by atomic mass is 10.1. The van der Waals surface area contributed by atoms with Gasteiger partial charge >= 0.3 is 0 Å². The molecule has 3 heterocycles. The van der Waals surface area contributed by atoms with Crippen molar-refractivity contribution in [1.29, 1.82) is 0 Å². The van der Waals surface area contributed by atoms with Gasteiger partial charge in [0.25, 0.3) is 5.91 Å². The second-order valence-corrected chi connectivity index (χ2v) is 5.53. The number of carbonyl (C=O) groups excluding carboxylic acids is 1. The van der Waals surface area contributed by atoms with Gasteiger partial charge in [-0.1, -0.05) is 0 Å². The SMILES string of the molecule is O=C(c1ccc2nc[nH]c2c1)N1CCOC(c2ccncc2)C1. The zero-order chi connectivity index (χ0) is 15.6. The molecular formula is C17H16N4O2. The van der Waals surface area contributed by atoms with E-state index in [1.165, 1.54) is 0 Å². The molecule has 23 heavy (non-hydrogen) atoms. The van der Waals surface area contributed by atoms with E-state index in [-0.39, 0.29) is 12.0 Å². The molecule has 4 rings (SSSR count). The quantitative estimate of drug-likeness (QED) is 0.787. The number of imidazole rings is 1. The Hall–Kier alpha value is -2.73. The number of aromatic amines is 1. The number of hydrogen-bond donors (Lipinski definition) is 1. The van der Waals surface area contributed by atoms with Crippen molar-refractivity contribution in [2.75, 3.05) is 19.7 Å². The van der Waals surface area contributed by atoms with Crippen LogP contribution < -0.4 is 0 Å². The molecule has 0 bridgehead atoms. The molecule has 0 aliphatic carbocycles. The molecular weight excluding hydrogens is 292 g/mol. The zero-order valence-electron chi connectivity index (χ0n) is 12.5. The van der Waals surface area contributed by atoms with Crippen molar-refractivity contribution < 1.29 is 9.53 Å². The summed E-state index contributed by atoms with van der Waals surface area (Å²) in [5.74, 6) is 0.0175. The normalized spacial score (nSPS) is 18.3. The maximum atomic E-state index is 12.8. The summed E-state index contributed by atoms with van der Waals surface area (Å²) in [5.41, 5.74) is 3.44. The number of amides is 1. The smallest absolute Gasteiger partial charge is 0.254 e. The molecule has 1 aromatic carbocycles. The minimum Gasteiger partial charge on any atom is -0.370 e. The second-order valence-electron chi connectivity index (χ2n) is 5.53. The highest BCUT2D eigenvalue weighted by atomic mass is 16.5. The molecule has 1 amide bonds. The van der Waals surface area contributed by atoms with Crippen molar-refractivity contribution >= 4 is 16.9 Å². The number of benzene rings is 1. The Balaban J connectivity index is 1.55. The highest BCUT2D eigenvalue weighted by Gasteiger charge is 2.26. The van der Waals surface area contributed by atoms with Crippen LogP contribution in [0.25, 0.3) is 11.0 Å². The number of hydrogen-bond acceptors (Lipinski definition) is 4. The van der Waals surface area contributed by atoms with Crippen LogP contribution in [0.3, 0.4) is 0 Å². The Kier molecular flexibility index (Phi) is 3.51. The van der Waals surface area contributed by atoms with Crippen molar-refractivity contribution in [1.82, 2.24) is 19.9 Å². The fourth-order valence-corrected chi connectivity index (χ4v) is 2.86. The first-order valence-corrected chi connectivity index (χ1v) is 7.55. The predicted octanol–water partition coefficient (Wildman–Crippen LogP) is 2.17. The number of fused-ring (bicyclic) bond motifs is 1. The fourth-order valence-electron chi connectivity index (χ4n) is 2.86. The van der Waals surface area contributed by atoms with Crippen molar-refractivity contribution in [3.05, 3.63) is 60.2 Å². The molecule has 1 N–H and O–H groups in total. The lowest BCUT2D eigenvalue weighted by Gasteiger charge is -2.33. The van der Waals surface area contributed by atoms with Gasteiger partial charge in [0.2, 0.25) is 0 Å². The summed E-state index contributed by atoms with van der Waals surface area (Å²) in [7, 11) is 0. The van der Waals surface area contributed by atoms with E-state index in [0.717, 1.165) is 16.6 Å². The van der Waals surface area contributed by atoms with Gasteiger partial charge in [-0.15, -0.1) is 0 Å². The van der Waals surface area contributed by atoms with E-state index in [9.17, 15) is 4.79 Å². The monoisotopic (exact) mass is 308 g/mol.